The Labute approximate surface area is 235 Å². The minimum Gasteiger partial charge on any atom is -0.458 e. The van der Waals surface area contributed by atoms with Gasteiger partial charge in [0.25, 0.3) is 6.71 Å². The Morgan fingerprint density at radius 1 is 0.550 bits per heavy atom. The second-order valence-electron chi connectivity index (χ2n) is 11.8. The molecule has 0 fully saturated rings. The summed E-state index contributed by atoms with van der Waals surface area (Å²) in [5.74, 6) is 4.45. The molecule has 0 saturated heterocycles. The molecule has 0 saturated carbocycles. The summed E-state index contributed by atoms with van der Waals surface area (Å²) >= 11 is 0. The average Bonchev–Trinajstić information content (AvgIpc) is 3.30. The summed E-state index contributed by atoms with van der Waals surface area (Å²) in [6.45, 7) is 9.05. The molecule has 1 aromatic heterocycles. The zero-order valence-corrected chi connectivity index (χ0v) is 23.2. The number of rotatable bonds is 3. The minimum absolute atomic E-state index is 0.0575. The van der Waals surface area contributed by atoms with Crippen molar-refractivity contribution in [1.29, 1.82) is 0 Å². The van der Waals surface area contributed by atoms with Gasteiger partial charge in [-0.2, -0.15) is 0 Å². The molecule has 40 heavy (non-hydrogen) atoms. The number of aromatic nitrogens is 1. The standard InChI is InChI=1S/C36H30BNO2/c1-21(2)23-13-15-32-28(17-23)37-29-18-24(22(3)4)14-16-33(29)40-35-20-25(19-34(39-32)36(35)37)38-30-11-7-5-9-26(30)27-10-6-8-12-31(27)38/h5-22H,1-4H3. The van der Waals surface area contributed by atoms with E-state index in [1.165, 1.54) is 43.9 Å². The van der Waals surface area contributed by atoms with Crippen molar-refractivity contribution in [2.75, 3.05) is 0 Å². The van der Waals surface area contributed by atoms with Crippen LogP contribution in [0.4, 0.5) is 0 Å². The van der Waals surface area contributed by atoms with Crippen LogP contribution in [0.5, 0.6) is 23.0 Å². The van der Waals surface area contributed by atoms with E-state index in [9.17, 15) is 0 Å². The third kappa shape index (κ3) is 3.32. The van der Waals surface area contributed by atoms with Crippen LogP contribution >= 0.6 is 0 Å². The van der Waals surface area contributed by atoms with E-state index in [0.717, 1.165) is 34.1 Å². The molecule has 0 bridgehead atoms. The van der Waals surface area contributed by atoms with E-state index in [2.05, 4.69) is 129 Å². The largest absolute Gasteiger partial charge is 0.458 e. The van der Waals surface area contributed by atoms with Gasteiger partial charge in [0.15, 0.2) is 0 Å². The predicted molar refractivity (Wildman–Crippen MR) is 167 cm³/mol. The van der Waals surface area contributed by atoms with Gasteiger partial charge in [0.05, 0.1) is 16.7 Å². The van der Waals surface area contributed by atoms with Gasteiger partial charge in [-0.1, -0.05) is 88.4 Å². The zero-order valence-electron chi connectivity index (χ0n) is 23.2. The first-order chi connectivity index (χ1) is 19.5. The molecular weight excluding hydrogens is 489 g/mol. The lowest BCUT2D eigenvalue weighted by molar-refractivity contribution is 0.464. The van der Waals surface area contributed by atoms with Gasteiger partial charge in [0, 0.05) is 28.4 Å². The first-order valence-corrected chi connectivity index (χ1v) is 14.3. The van der Waals surface area contributed by atoms with E-state index in [1.54, 1.807) is 0 Å². The van der Waals surface area contributed by atoms with Crippen molar-refractivity contribution in [1.82, 2.24) is 4.57 Å². The van der Waals surface area contributed by atoms with Crippen LogP contribution in [0.3, 0.4) is 0 Å². The van der Waals surface area contributed by atoms with Crippen molar-refractivity contribution >= 4 is 44.9 Å². The van der Waals surface area contributed by atoms with Gasteiger partial charge in [-0.15, -0.1) is 0 Å². The Hall–Kier alpha value is -4.44. The Morgan fingerprint density at radius 3 is 1.50 bits per heavy atom. The SMILES string of the molecule is CC(C)c1ccc2c(c1)B1c3cc(C(C)C)ccc3Oc3cc(-n4c5ccccc5c5ccccc54)cc(c31)O2. The average molecular weight is 519 g/mol. The van der Waals surface area contributed by atoms with Crippen LogP contribution in [0.2, 0.25) is 0 Å². The fraction of sp³-hybridized carbons (Fsp3) is 0.167. The molecule has 194 valence electrons. The molecule has 0 radical (unpaired) electrons. The van der Waals surface area contributed by atoms with Gasteiger partial charge in [-0.25, -0.2) is 0 Å². The molecule has 0 unspecified atom stereocenters. The summed E-state index contributed by atoms with van der Waals surface area (Å²) in [5.41, 5.74) is 9.57. The molecular formula is C36H30BNO2. The quantitative estimate of drug-likeness (QED) is 0.223. The van der Waals surface area contributed by atoms with Crippen LogP contribution < -0.4 is 25.9 Å². The Balaban J connectivity index is 1.41. The molecule has 2 aliphatic heterocycles. The monoisotopic (exact) mass is 519 g/mol. The highest BCUT2D eigenvalue weighted by Gasteiger charge is 2.41. The van der Waals surface area contributed by atoms with Crippen molar-refractivity contribution < 1.29 is 9.47 Å². The fourth-order valence-electron chi connectivity index (χ4n) is 6.58. The van der Waals surface area contributed by atoms with Crippen molar-refractivity contribution in [3.63, 3.8) is 0 Å². The Kier molecular flexibility index (Phi) is 5.00. The number of hydrogen-bond acceptors (Lipinski definition) is 2. The number of hydrogen-bond donors (Lipinski definition) is 0. The Bertz CT molecular complexity index is 1850. The van der Waals surface area contributed by atoms with Crippen molar-refractivity contribution in [3.8, 4) is 28.7 Å². The van der Waals surface area contributed by atoms with Gasteiger partial charge in [0.2, 0.25) is 0 Å². The van der Waals surface area contributed by atoms with Gasteiger partial charge < -0.3 is 14.0 Å². The smallest absolute Gasteiger partial charge is 0.260 e. The molecule has 0 atom stereocenters. The van der Waals surface area contributed by atoms with E-state index >= 15 is 0 Å². The maximum atomic E-state index is 6.72. The topological polar surface area (TPSA) is 23.4 Å². The summed E-state index contributed by atoms with van der Waals surface area (Å²) in [6.07, 6.45) is 0. The second-order valence-corrected chi connectivity index (χ2v) is 11.8. The number of nitrogens with zero attached hydrogens (tertiary/aromatic N) is 1. The molecule has 6 aromatic rings. The zero-order chi connectivity index (χ0) is 27.1. The highest BCUT2D eigenvalue weighted by Crippen LogP contribution is 2.40. The molecule has 5 aromatic carbocycles. The number of benzene rings is 5. The lowest BCUT2D eigenvalue weighted by atomic mass is 9.34. The maximum Gasteiger partial charge on any atom is 0.260 e. The summed E-state index contributed by atoms with van der Waals surface area (Å²) in [7, 11) is 0. The van der Waals surface area contributed by atoms with E-state index in [-0.39, 0.29) is 6.71 Å². The molecule has 0 spiro atoms. The molecule has 8 rings (SSSR count). The fourth-order valence-corrected chi connectivity index (χ4v) is 6.58. The number of ether oxygens (including phenoxy) is 2. The van der Waals surface area contributed by atoms with Crippen LogP contribution in [0.1, 0.15) is 50.7 Å². The van der Waals surface area contributed by atoms with E-state index in [0.29, 0.717) is 11.8 Å². The van der Waals surface area contributed by atoms with Gasteiger partial charge in [-0.3, -0.25) is 0 Å². The summed E-state index contributed by atoms with van der Waals surface area (Å²) in [5, 5.41) is 2.48. The van der Waals surface area contributed by atoms with Gasteiger partial charge in [-0.05, 0) is 58.2 Å². The molecule has 4 heteroatoms. The second kappa shape index (κ2) is 8.53. The van der Waals surface area contributed by atoms with Crippen molar-refractivity contribution in [2.24, 2.45) is 0 Å². The molecule has 0 amide bonds. The predicted octanol–water partition coefficient (Wildman–Crippen LogP) is 7.76. The molecule has 3 nitrogen and oxygen atoms in total. The Morgan fingerprint density at radius 2 is 1.02 bits per heavy atom. The molecule has 0 aliphatic carbocycles. The molecule has 3 heterocycles. The van der Waals surface area contributed by atoms with Crippen molar-refractivity contribution in [2.45, 2.75) is 39.5 Å². The molecule has 2 aliphatic rings. The van der Waals surface area contributed by atoms with E-state index < -0.39 is 0 Å². The van der Waals surface area contributed by atoms with Crippen LogP contribution in [0, 0.1) is 0 Å². The van der Waals surface area contributed by atoms with Crippen molar-refractivity contribution in [3.05, 3.63) is 108 Å². The minimum atomic E-state index is 0.0575. The molecule has 0 N–H and O–H groups in total. The van der Waals surface area contributed by atoms with Gasteiger partial charge >= 0.3 is 0 Å². The third-order valence-electron chi connectivity index (χ3n) is 8.68. The highest BCUT2D eigenvalue weighted by atomic mass is 16.5. The van der Waals surface area contributed by atoms with Crippen LogP contribution in [-0.4, -0.2) is 11.3 Å². The summed E-state index contributed by atoms with van der Waals surface area (Å²) in [4.78, 5) is 0. The highest BCUT2D eigenvalue weighted by molar-refractivity contribution is 6.98. The van der Waals surface area contributed by atoms with Crippen LogP contribution in [-0.2, 0) is 0 Å². The van der Waals surface area contributed by atoms with Crippen LogP contribution in [0.15, 0.2) is 97.1 Å². The van der Waals surface area contributed by atoms with Crippen LogP contribution in [0.25, 0.3) is 27.5 Å². The number of para-hydroxylation sites is 2. The lowest BCUT2D eigenvalue weighted by Gasteiger charge is -2.34. The normalized spacial score (nSPS) is 13.3. The third-order valence-corrected chi connectivity index (χ3v) is 8.68. The first-order valence-electron chi connectivity index (χ1n) is 14.3. The maximum absolute atomic E-state index is 6.72. The van der Waals surface area contributed by atoms with E-state index in [1.807, 2.05) is 0 Å². The number of fused-ring (bicyclic) bond motifs is 7. The van der Waals surface area contributed by atoms with Gasteiger partial charge in [0.1, 0.15) is 23.0 Å². The summed E-state index contributed by atoms with van der Waals surface area (Å²) < 4.78 is 15.8. The summed E-state index contributed by atoms with van der Waals surface area (Å²) in [6, 6.07) is 35.0. The first kappa shape index (κ1) is 23.5. The van der Waals surface area contributed by atoms with E-state index in [4.69, 9.17) is 9.47 Å². The lowest BCUT2D eigenvalue weighted by Crippen LogP contribution is -2.57.